The van der Waals surface area contributed by atoms with E-state index in [-0.39, 0.29) is 12.1 Å². The highest BCUT2D eigenvalue weighted by molar-refractivity contribution is 6.47. The molecule has 2 nitrogen and oxygen atoms in total. The number of halogens is 2. The van der Waals surface area contributed by atoms with Crippen LogP contribution >= 0.6 is 23.2 Å². The van der Waals surface area contributed by atoms with Gasteiger partial charge in [0, 0.05) is 10.3 Å². The molecule has 0 aromatic heterocycles. The van der Waals surface area contributed by atoms with Gasteiger partial charge in [0.2, 0.25) is 6.23 Å². The molecule has 2 unspecified atom stereocenters. The van der Waals surface area contributed by atoms with Crippen LogP contribution in [0.5, 0.6) is 0 Å². The highest BCUT2D eigenvalue weighted by Crippen LogP contribution is 2.37. The lowest BCUT2D eigenvalue weighted by molar-refractivity contribution is 0.155. The fourth-order valence-corrected chi connectivity index (χ4v) is 2.58. The molecule has 0 N–H and O–H groups in total. The average Bonchev–Trinajstić information content (AvgIpc) is 2.61. The van der Waals surface area contributed by atoms with Gasteiger partial charge in [-0.05, 0) is 6.07 Å². The summed E-state index contributed by atoms with van der Waals surface area (Å²) in [5.41, 5.74) is 0. The van der Waals surface area contributed by atoms with Gasteiger partial charge in [0.15, 0.2) is 0 Å². The van der Waals surface area contributed by atoms with E-state index in [9.17, 15) is 0 Å². The average molecular weight is 240 g/mol. The lowest BCUT2D eigenvalue weighted by Crippen LogP contribution is -2.37. The molecular formula is C11H7Cl2NO. The third-order valence-electron chi connectivity index (χ3n) is 2.60. The van der Waals surface area contributed by atoms with Gasteiger partial charge in [-0.1, -0.05) is 41.4 Å². The number of para-hydroxylation sites is 1. The maximum Gasteiger partial charge on any atom is 0.202 e. The molecule has 1 aromatic rings. The van der Waals surface area contributed by atoms with Gasteiger partial charge in [-0.25, -0.2) is 4.99 Å². The summed E-state index contributed by atoms with van der Waals surface area (Å²) in [6.07, 6.45) is 1.23. The van der Waals surface area contributed by atoms with Crippen molar-refractivity contribution in [3.8, 4) is 0 Å². The summed E-state index contributed by atoms with van der Waals surface area (Å²) in [5, 5.41) is 3.13. The van der Waals surface area contributed by atoms with Crippen molar-refractivity contribution in [2.24, 2.45) is 10.9 Å². The Labute approximate surface area is 96.5 Å². The molecule has 0 saturated heterocycles. The zero-order chi connectivity index (χ0) is 10.4. The third-order valence-corrected chi connectivity index (χ3v) is 3.37. The fraction of sp³-hybridized carbons (Fsp3) is 0.182. The van der Waals surface area contributed by atoms with E-state index in [1.54, 1.807) is 0 Å². The summed E-state index contributed by atoms with van der Waals surface area (Å²) in [6, 6.07) is 7.73. The number of rotatable bonds is 0. The zero-order valence-corrected chi connectivity index (χ0v) is 9.16. The number of fused-ring (bicyclic) bond motifs is 2. The van der Waals surface area contributed by atoms with Crippen LogP contribution < -0.4 is 10.6 Å². The van der Waals surface area contributed by atoms with Crippen LogP contribution in [0.3, 0.4) is 0 Å². The van der Waals surface area contributed by atoms with Gasteiger partial charge < -0.3 is 4.74 Å². The van der Waals surface area contributed by atoms with E-state index >= 15 is 0 Å². The van der Waals surface area contributed by atoms with Gasteiger partial charge in [-0.15, -0.1) is 0 Å². The number of benzene rings is 1. The van der Waals surface area contributed by atoms with Gasteiger partial charge in [0.1, 0.15) is 6.26 Å². The first-order valence-corrected chi connectivity index (χ1v) is 5.36. The van der Waals surface area contributed by atoms with Gasteiger partial charge >= 0.3 is 0 Å². The van der Waals surface area contributed by atoms with Crippen LogP contribution in [0, 0.1) is 5.92 Å². The SMILES string of the molecule is ClC1=COC2N=c3ccccc3=C(Cl)C12. The molecule has 2 atom stereocenters. The molecular weight excluding hydrogens is 233 g/mol. The molecule has 3 rings (SSSR count). The van der Waals surface area contributed by atoms with E-state index < -0.39 is 0 Å². The molecule has 0 spiro atoms. The Morgan fingerprint density at radius 1 is 1.20 bits per heavy atom. The lowest BCUT2D eigenvalue weighted by atomic mass is 10.0. The van der Waals surface area contributed by atoms with Gasteiger partial charge in [-0.2, -0.15) is 0 Å². The van der Waals surface area contributed by atoms with E-state index in [1.165, 1.54) is 6.26 Å². The summed E-state index contributed by atoms with van der Waals surface area (Å²) >= 11 is 12.3. The molecule has 1 aromatic carbocycles. The van der Waals surface area contributed by atoms with Crippen molar-refractivity contribution >= 4 is 28.2 Å². The summed E-state index contributed by atoms with van der Waals surface area (Å²) in [4.78, 5) is 4.44. The number of ether oxygens (including phenoxy) is 1. The number of nitrogens with zero attached hydrogens (tertiary/aromatic N) is 1. The molecule has 0 radical (unpaired) electrons. The highest BCUT2D eigenvalue weighted by Gasteiger charge is 2.35. The van der Waals surface area contributed by atoms with Crippen molar-refractivity contribution in [1.82, 2.24) is 0 Å². The van der Waals surface area contributed by atoms with Crippen LogP contribution in [-0.4, -0.2) is 6.23 Å². The van der Waals surface area contributed by atoms with Gasteiger partial charge in [0.25, 0.3) is 0 Å². The fourth-order valence-electron chi connectivity index (χ4n) is 1.87. The van der Waals surface area contributed by atoms with Crippen LogP contribution in [0.1, 0.15) is 0 Å². The molecule has 76 valence electrons. The van der Waals surface area contributed by atoms with E-state index in [2.05, 4.69) is 4.99 Å². The molecule has 0 fully saturated rings. The summed E-state index contributed by atoms with van der Waals surface area (Å²) in [6.45, 7) is 0. The Morgan fingerprint density at radius 2 is 2.00 bits per heavy atom. The third kappa shape index (κ3) is 1.29. The van der Waals surface area contributed by atoms with Crippen LogP contribution in [0.4, 0.5) is 0 Å². The quantitative estimate of drug-likeness (QED) is 0.676. The number of hydrogen-bond donors (Lipinski definition) is 0. The minimum atomic E-state index is -0.292. The standard InChI is InChI=1S/C11H7Cl2NO/c12-7-5-15-11-9(7)10(13)6-3-1-2-4-8(6)14-11/h1-5,9,11H. The van der Waals surface area contributed by atoms with E-state index in [0.717, 1.165) is 10.6 Å². The summed E-state index contributed by atoms with van der Waals surface area (Å²) < 4.78 is 5.33. The summed E-state index contributed by atoms with van der Waals surface area (Å²) in [5.74, 6) is -0.122. The predicted molar refractivity (Wildman–Crippen MR) is 58.8 cm³/mol. The van der Waals surface area contributed by atoms with Crippen molar-refractivity contribution in [3.63, 3.8) is 0 Å². The van der Waals surface area contributed by atoms with Crippen molar-refractivity contribution < 1.29 is 4.74 Å². The Balaban J connectivity index is 2.32. The first kappa shape index (κ1) is 9.25. The Hall–Kier alpha value is -0.990. The van der Waals surface area contributed by atoms with E-state index in [1.807, 2.05) is 24.3 Å². The highest BCUT2D eigenvalue weighted by atomic mass is 35.5. The molecule has 4 heteroatoms. The molecule has 2 aliphatic heterocycles. The van der Waals surface area contributed by atoms with E-state index in [0.29, 0.717) is 10.1 Å². The van der Waals surface area contributed by atoms with Gasteiger partial charge in [0.05, 0.1) is 16.3 Å². The topological polar surface area (TPSA) is 21.6 Å². The second kappa shape index (κ2) is 3.26. The van der Waals surface area contributed by atoms with Crippen LogP contribution in [0.25, 0.3) is 5.03 Å². The molecule has 2 aliphatic rings. The molecule has 15 heavy (non-hydrogen) atoms. The minimum absolute atomic E-state index is 0.122. The minimum Gasteiger partial charge on any atom is -0.474 e. The zero-order valence-electron chi connectivity index (χ0n) is 7.65. The lowest BCUT2D eigenvalue weighted by Gasteiger charge is -2.18. The van der Waals surface area contributed by atoms with Gasteiger partial charge in [-0.3, -0.25) is 0 Å². The monoisotopic (exact) mass is 239 g/mol. The first-order chi connectivity index (χ1) is 7.27. The summed E-state index contributed by atoms with van der Waals surface area (Å²) in [7, 11) is 0. The smallest absolute Gasteiger partial charge is 0.202 e. The van der Waals surface area contributed by atoms with Crippen LogP contribution in [-0.2, 0) is 4.74 Å². The van der Waals surface area contributed by atoms with Crippen molar-refractivity contribution in [2.45, 2.75) is 6.23 Å². The maximum atomic E-state index is 6.29. The Kier molecular flexibility index (Phi) is 2.01. The molecule has 0 amide bonds. The number of hydrogen-bond acceptors (Lipinski definition) is 2. The van der Waals surface area contributed by atoms with Crippen molar-refractivity contribution in [1.29, 1.82) is 0 Å². The second-order valence-corrected chi connectivity index (χ2v) is 4.34. The predicted octanol–water partition coefficient (Wildman–Crippen LogP) is 1.72. The van der Waals surface area contributed by atoms with Crippen molar-refractivity contribution in [3.05, 3.63) is 46.1 Å². The first-order valence-electron chi connectivity index (χ1n) is 4.61. The Morgan fingerprint density at radius 3 is 2.87 bits per heavy atom. The molecule has 0 bridgehead atoms. The van der Waals surface area contributed by atoms with Crippen molar-refractivity contribution in [2.75, 3.05) is 0 Å². The normalized spacial score (nSPS) is 27.3. The van der Waals surface area contributed by atoms with Crippen LogP contribution in [0.15, 0.2) is 40.6 Å². The Bertz CT molecular complexity index is 564. The molecule has 2 heterocycles. The maximum absolute atomic E-state index is 6.29. The second-order valence-electron chi connectivity index (χ2n) is 3.50. The van der Waals surface area contributed by atoms with E-state index in [4.69, 9.17) is 27.9 Å². The largest absolute Gasteiger partial charge is 0.474 e. The molecule has 0 saturated carbocycles. The van der Waals surface area contributed by atoms with Crippen LogP contribution in [0.2, 0.25) is 0 Å². The molecule has 0 aliphatic carbocycles.